The fourth-order valence-electron chi connectivity index (χ4n) is 3.02. The lowest BCUT2D eigenvalue weighted by Crippen LogP contribution is -2.23. The number of H-pyrrole nitrogens is 1. The molecule has 1 aromatic heterocycles. The Kier molecular flexibility index (Phi) is 3.84. The molecule has 130 valence electrons. The number of nitrogens with two attached hydrogens (primary N) is 1. The number of methoxy groups -OCH3 is 1. The van der Waals surface area contributed by atoms with E-state index in [1.807, 2.05) is 20.8 Å². The predicted molar refractivity (Wildman–Crippen MR) is 91.2 cm³/mol. The molecule has 1 aliphatic heterocycles. The Bertz CT molecular complexity index is 900. The van der Waals surface area contributed by atoms with Gasteiger partial charge in [0.05, 0.1) is 18.6 Å². The van der Waals surface area contributed by atoms with E-state index in [0.717, 1.165) is 16.8 Å². The fourth-order valence-corrected chi connectivity index (χ4v) is 3.02. The molecule has 0 amide bonds. The summed E-state index contributed by atoms with van der Waals surface area (Å²) in [5, 5.41) is 26.8. The molecule has 7 heteroatoms. The third-order valence-electron chi connectivity index (χ3n) is 4.23. The first-order valence-electron chi connectivity index (χ1n) is 7.81. The van der Waals surface area contributed by atoms with Crippen molar-refractivity contribution in [3.8, 4) is 23.4 Å². The third kappa shape index (κ3) is 2.66. The van der Waals surface area contributed by atoms with Gasteiger partial charge in [-0.1, -0.05) is 26.8 Å². The molecular weight excluding hydrogens is 320 g/mol. The molecule has 1 atom stereocenters. The highest BCUT2D eigenvalue weighted by Crippen LogP contribution is 2.46. The monoisotopic (exact) mass is 340 g/mol. The lowest BCUT2D eigenvalue weighted by Gasteiger charge is -2.27. The van der Waals surface area contributed by atoms with Crippen molar-refractivity contribution in [2.75, 3.05) is 7.11 Å². The first-order valence-corrected chi connectivity index (χ1v) is 7.81. The van der Waals surface area contributed by atoms with Crippen molar-refractivity contribution in [2.24, 2.45) is 5.73 Å². The Balaban J connectivity index is 2.27. The molecular formula is C18H20N4O3. The molecule has 0 radical (unpaired) electrons. The summed E-state index contributed by atoms with van der Waals surface area (Å²) in [7, 11) is 1.47. The van der Waals surface area contributed by atoms with E-state index < -0.39 is 5.92 Å². The number of aromatic nitrogens is 2. The predicted octanol–water partition coefficient (Wildman–Crippen LogP) is 2.64. The molecule has 0 saturated heterocycles. The maximum atomic E-state index is 9.88. The lowest BCUT2D eigenvalue weighted by molar-refractivity contribution is 0.370. The van der Waals surface area contributed by atoms with Crippen molar-refractivity contribution in [3.05, 3.63) is 46.5 Å². The zero-order chi connectivity index (χ0) is 18.4. The van der Waals surface area contributed by atoms with Gasteiger partial charge in [-0.15, -0.1) is 5.10 Å². The molecule has 3 rings (SSSR count). The van der Waals surface area contributed by atoms with Crippen LogP contribution < -0.4 is 15.2 Å². The molecule has 7 nitrogen and oxygen atoms in total. The summed E-state index contributed by atoms with van der Waals surface area (Å²) >= 11 is 0. The van der Waals surface area contributed by atoms with Crippen molar-refractivity contribution in [2.45, 2.75) is 32.1 Å². The highest BCUT2D eigenvalue weighted by Gasteiger charge is 2.38. The van der Waals surface area contributed by atoms with Crippen molar-refractivity contribution in [1.29, 1.82) is 5.26 Å². The minimum absolute atomic E-state index is 0.0252. The lowest BCUT2D eigenvalue weighted by atomic mass is 9.79. The van der Waals surface area contributed by atoms with Gasteiger partial charge in [0.2, 0.25) is 11.8 Å². The van der Waals surface area contributed by atoms with E-state index in [2.05, 4.69) is 16.3 Å². The number of rotatable bonds is 2. The minimum atomic E-state index is -0.462. The molecule has 0 unspecified atom stereocenters. The maximum absolute atomic E-state index is 9.88. The highest BCUT2D eigenvalue weighted by atomic mass is 16.5. The summed E-state index contributed by atoms with van der Waals surface area (Å²) in [4.78, 5) is 0. The van der Waals surface area contributed by atoms with Gasteiger partial charge >= 0.3 is 0 Å². The molecule has 0 saturated carbocycles. The minimum Gasteiger partial charge on any atom is -0.504 e. The average molecular weight is 340 g/mol. The molecule has 25 heavy (non-hydrogen) atoms. The largest absolute Gasteiger partial charge is 0.504 e. The van der Waals surface area contributed by atoms with Gasteiger partial charge in [-0.2, -0.15) is 5.26 Å². The first-order chi connectivity index (χ1) is 11.8. The second-order valence-corrected chi connectivity index (χ2v) is 6.92. The van der Waals surface area contributed by atoms with Gasteiger partial charge in [-0.05, 0) is 17.7 Å². The van der Waals surface area contributed by atoms with Crippen LogP contribution in [-0.2, 0) is 5.41 Å². The van der Waals surface area contributed by atoms with Gasteiger partial charge in [0.25, 0.3) is 0 Å². The number of fused-ring (bicyclic) bond motifs is 1. The number of hydrogen-bond donors (Lipinski definition) is 3. The quantitative estimate of drug-likeness (QED) is 0.773. The zero-order valence-corrected chi connectivity index (χ0v) is 14.5. The Morgan fingerprint density at radius 2 is 2.12 bits per heavy atom. The van der Waals surface area contributed by atoms with Gasteiger partial charge in [0, 0.05) is 11.1 Å². The van der Waals surface area contributed by atoms with E-state index in [9.17, 15) is 10.4 Å². The summed E-state index contributed by atoms with van der Waals surface area (Å²) in [6.45, 7) is 6.13. The molecule has 0 bridgehead atoms. The summed E-state index contributed by atoms with van der Waals surface area (Å²) < 4.78 is 10.8. The van der Waals surface area contributed by atoms with E-state index >= 15 is 0 Å². The Morgan fingerprint density at radius 3 is 2.72 bits per heavy atom. The van der Waals surface area contributed by atoms with Crippen LogP contribution in [0.4, 0.5) is 0 Å². The third-order valence-corrected chi connectivity index (χ3v) is 4.23. The van der Waals surface area contributed by atoms with Gasteiger partial charge in [0.15, 0.2) is 11.5 Å². The van der Waals surface area contributed by atoms with Crippen LogP contribution in [0.25, 0.3) is 0 Å². The Morgan fingerprint density at radius 1 is 1.40 bits per heavy atom. The van der Waals surface area contributed by atoms with Gasteiger partial charge < -0.3 is 20.3 Å². The molecule has 1 aliphatic rings. The fraction of sp³-hybridized carbons (Fsp3) is 0.333. The molecule has 1 aromatic carbocycles. The van der Waals surface area contributed by atoms with Gasteiger partial charge in [-0.25, -0.2) is 0 Å². The van der Waals surface area contributed by atoms with Crippen LogP contribution in [-0.4, -0.2) is 22.4 Å². The van der Waals surface area contributed by atoms with E-state index in [0.29, 0.717) is 17.2 Å². The van der Waals surface area contributed by atoms with E-state index in [1.54, 1.807) is 12.1 Å². The SMILES string of the molecule is COc1cc([C@@H]2C(C#N)=C(N)Oc3n[nH]c(C(C)(C)C)c32)ccc1O. The highest BCUT2D eigenvalue weighted by molar-refractivity contribution is 5.58. The number of hydrogen-bond acceptors (Lipinski definition) is 6. The number of nitriles is 1. The van der Waals surface area contributed by atoms with Crippen LogP contribution in [0.5, 0.6) is 17.4 Å². The topological polar surface area (TPSA) is 117 Å². The normalized spacial score (nSPS) is 16.8. The molecule has 0 aliphatic carbocycles. The summed E-state index contributed by atoms with van der Waals surface area (Å²) in [5.74, 6) is 0.271. The van der Waals surface area contributed by atoms with Crippen LogP contribution in [0.15, 0.2) is 29.7 Å². The second-order valence-electron chi connectivity index (χ2n) is 6.92. The average Bonchev–Trinajstić information content (AvgIpc) is 2.97. The zero-order valence-electron chi connectivity index (χ0n) is 14.5. The van der Waals surface area contributed by atoms with E-state index in [4.69, 9.17) is 15.2 Å². The molecule has 0 spiro atoms. The van der Waals surface area contributed by atoms with Crippen LogP contribution in [0.3, 0.4) is 0 Å². The summed E-state index contributed by atoms with van der Waals surface area (Å²) in [6.07, 6.45) is 0. The van der Waals surface area contributed by atoms with Crippen LogP contribution in [0.1, 0.15) is 43.5 Å². The number of ether oxygens (including phenoxy) is 2. The van der Waals surface area contributed by atoms with Crippen LogP contribution >= 0.6 is 0 Å². The van der Waals surface area contributed by atoms with E-state index in [1.165, 1.54) is 13.2 Å². The molecule has 0 fully saturated rings. The van der Waals surface area contributed by atoms with Crippen molar-refractivity contribution >= 4 is 0 Å². The number of allylic oxidation sites excluding steroid dienone is 1. The Hall–Kier alpha value is -3.14. The number of nitrogens with zero attached hydrogens (tertiary/aromatic N) is 2. The maximum Gasteiger partial charge on any atom is 0.244 e. The van der Waals surface area contributed by atoms with Crippen LogP contribution in [0.2, 0.25) is 0 Å². The number of aromatic hydroxyl groups is 1. The number of benzene rings is 1. The Labute approximate surface area is 145 Å². The van der Waals surface area contributed by atoms with Gasteiger partial charge in [-0.3, -0.25) is 5.10 Å². The standard InChI is InChI=1S/C18H20N4O3/c1-18(2,3)15-14-13(9-5-6-11(23)12(7-9)24-4)10(8-19)16(20)25-17(14)22-21-15/h5-7,13,23H,20H2,1-4H3,(H,21,22)/t13-/m1/s1. The number of aromatic amines is 1. The van der Waals surface area contributed by atoms with Crippen molar-refractivity contribution < 1.29 is 14.6 Å². The summed E-state index contributed by atoms with van der Waals surface area (Å²) in [6, 6.07) is 7.11. The number of nitrogens with one attached hydrogen (secondary N) is 1. The van der Waals surface area contributed by atoms with Crippen molar-refractivity contribution in [3.63, 3.8) is 0 Å². The molecule has 4 N–H and O–H groups in total. The van der Waals surface area contributed by atoms with Crippen molar-refractivity contribution in [1.82, 2.24) is 10.2 Å². The van der Waals surface area contributed by atoms with Crippen LogP contribution in [0, 0.1) is 11.3 Å². The van der Waals surface area contributed by atoms with E-state index in [-0.39, 0.29) is 17.0 Å². The van der Waals surface area contributed by atoms with Gasteiger partial charge in [0.1, 0.15) is 11.6 Å². The summed E-state index contributed by atoms with van der Waals surface area (Å²) in [5.41, 5.74) is 8.39. The molecule has 2 heterocycles. The molecule has 2 aromatic rings. The first kappa shape index (κ1) is 16.7. The number of phenolic OH excluding ortho intramolecular Hbond substituents is 1. The second kappa shape index (κ2) is 5.74. The number of phenols is 1. The smallest absolute Gasteiger partial charge is 0.244 e.